The van der Waals surface area contributed by atoms with Crippen LogP contribution >= 0.6 is 0 Å². The van der Waals surface area contributed by atoms with Crippen molar-refractivity contribution in [1.82, 2.24) is 10.6 Å². The first kappa shape index (κ1) is 9.03. The van der Waals surface area contributed by atoms with E-state index in [1.54, 1.807) is 0 Å². The van der Waals surface area contributed by atoms with Gasteiger partial charge in [0.15, 0.2) is 0 Å². The van der Waals surface area contributed by atoms with Gasteiger partial charge in [-0.15, -0.1) is 0 Å². The van der Waals surface area contributed by atoms with Crippen LogP contribution in [0.1, 0.15) is 26.2 Å². The highest BCUT2D eigenvalue weighted by Crippen LogP contribution is 2.18. The van der Waals surface area contributed by atoms with Gasteiger partial charge in [0.2, 0.25) is 11.8 Å². The number of carbonyl (C=O) groups excluding carboxylic acids is 2. The first-order valence-corrected chi connectivity index (χ1v) is 4.28. The maximum atomic E-state index is 11.0. The lowest BCUT2D eigenvalue weighted by atomic mass is 10.3. The molecule has 4 heteroatoms. The van der Waals surface area contributed by atoms with E-state index in [0.29, 0.717) is 12.6 Å². The Kier molecular flexibility index (Phi) is 3.08. The van der Waals surface area contributed by atoms with Crippen LogP contribution in [0.5, 0.6) is 0 Å². The van der Waals surface area contributed by atoms with Crippen molar-refractivity contribution in [2.24, 2.45) is 0 Å². The molecule has 68 valence electrons. The number of nitrogens with one attached hydrogen (secondary N) is 2. The van der Waals surface area contributed by atoms with Gasteiger partial charge in [-0.25, -0.2) is 0 Å². The molecular weight excluding hydrogens is 156 g/mol. The minimum atomic E-state index is -0.198. The van der Waals surface area contributed by atoms with Crippen LogP contribution in [0.3, 0.4) is 0 Å². The Bertz CT molecular complexity index is 187. The maximum absolute atomic E-state index is 11.0. The first-order valence-electron chi connectivity index (χ1n) is 4.28. The van der Waals surface area contributed by atoms with E-state index in [-0.39, 0.29) is 18.2 Å². The summed E-state index contributed by atoms with van der Waals surface area (Å²) in [5.41, 5.74) is 0. The van der Waals surface area contributed by atoms with E-state index < -0.39 is 0 Å². The molecule has 2 N–H and O–H groups in total. The Labute approximate surface area is 71.7 Å². The second-order valence-electron chi connectivity index (χ2n) is 2.97. The molecule has 0 spiro atoms. The molecule has 0 aromatic carbocycles. The molecule has 1 aliphatic rings. The predicted molar refractivity (Wildman–Crippen MR) is 44.5 cm³/mol. The van der Waals surface area contributed by atoms with Gasteiger partial charge in [-0.3, -0.25) is 9.59 Å². The number of hydrogen-bond acceptors (Lipinski definition) is 2. The van der Waals surface area contributed by atoms with Gasteiger partial charge in [0.25, 0.3) is 0 Å². The molecular formula is C8H14N2O2. The molecule has 0 aromatic rings. The van der Waals surface area contributed by atoms with Gasteiger partial charge in [0.05, 0.1) is 0 Å². The van der Waals surface area contributed by atoms with Crippen LogP contribution in [0.25, 0.3) is 0 Å². The minimum absolute atomic E-state index is 0.0374. The smallest absolute Gasteiger partial charge is 0.229 e. The van der Waals surface area contributed by atoms with Crippen molar-refractivity contribution in [3.63, 3.8) is 0 Å². The predicted octanol–water partition coefficient (Wildman–Crippen LogP) is -0.209. The summed E-state index contributed by atoms with van der Waals surface area (Å²) in [6, 6.07) is 0.340. The summed E-state index contributed by atoms with van der Waals surface area (Å²) in [6.07, 6.45) is 2.08. The van der Waals surface area contributed by atoms with Gasteiger partial charge in [-0.2, -0.15) is 0 Å². The molecule has 0 bridgehead atoms. The number of rotatable bonds is 4. The summed E-state index contributed by atoms with van der Waals surface area (Å²) >= 11 is 0. The average Bonchev–Trinajstić information content (AvgIpc) is 2.71. The largest absolute Gasteiger partial charge is 0.356 e. The van der Waals surface area contributed by atoms with Crippen LogP contribution in [0.15, 0.2) is 0 Å². The second kappa shape index (κ2) is 4.09. The fourth-order valence-electron chi connectivity index (χ4n) is 0.912. The van der Waals surface area contributed by atoms with Gasteiger partial charge < -0.3 is 10.6 Å². The zero-order valence-electron chi connectivity index (χ0n) is 7.22. The first-order chi connectivity index (χ1) is 5.72. The van der Waals surface area contributed by atoms with Crippen LogP contribution in [0.4, 0.5) is 0 Å². The standard InChI is InChI=1S/C8H14N2O2/c1-2-9-7(11)5-8(12)10-6-3-4-6/h6H,2-5H2,1H3,(H,9,11)(H,10,12). The van der Waals surface area contributed by atoms with Crippen molar-refractivity contribution < 1.29 is 9.59 Å². The highest BCUT2D eigenvalue weighted by atomic mass is 16.2. The molecule has 0 saturated heterocycles. The molecule has 0 radical (unpaired) electrons. The summed E-state index contributed by atoms with van der Waals surface area (Å²) in [5, 5.41) is 5.31. The topological polar surface area (TPSA) is 58.2 Å². The third-order valence-electron chi connectivity index (χ3n) is 1.64. The molecule has 0 heterocycles. The van der Waals surface area contributed by atoms with Gasteiger partial charge >= 0.3 is 0 Å². The van der Waals surface area contributed by atoms with Crippen LogP contribution in [-0.2, 0) is 9.59 Å². The van der Waals surface area contributed by atoms with E-state index >= 15 is 0 Å². The Morgan fingerprint density at radius 1 is 1.33 bits per heavy atom. The molecule has 0 aromatic heterocycles. The SMILES string of the molecule is CCNC(=O)CC(=O)NC1CC1. The fraction of sp³-hybridized carbons (Fsp3) is 0.750. The van der Waals surface area contributed by atoms with E-state index in [1.165, 1.54) is 0 Å². The Morgan fingerprint density at radius 3 is 2.50 bits per heavy atom. The van der Waals surface area contributed by atoms with Crippen molar-refractivity contribution in [3.05, 3.63) is 0 Å². The monoisotopic (exact) mass is 170 g/mol. The van der Waals surface area contributed by atoms with E-state index in [4.69, 9.17) is 0 Å². The lowest BCUT2D eigenvalue weighted by molar-refractivity contribution is -0.129. The lowest BCUT2D eigenvalue weighted by Crippen LogP contribution is -2.32. The van der Waals surface area contributed by atoms with Gasteiger partial charge in [-0.1, -0.05) is 0 Å². The zero-order chi connectivity index (χ0) is 8.97. The quantitative estimate of drug-likeness (QED) is 0.574. The summed E-state index contributed by atoms with van der Waals surface area (Å²) in [6.45, 7) is 2.41. The highest BCUT2D eigenvalue weighted by Gasteiger charge is 2.23. The molecule has 4 nitrogen and oxygen atoms in total. The normalized spacial score (nSPS) is 15.4. The van der Waals surface area contributed by atoms with Crippen molar-refractivity contribution >= 4 is 11.8 Å². The van der Waals surface area contributed by atoms with Crippen molar-refractivity contribution in [2.45, 2.75) is 32.2 Å². The molecule has 1 aliphatic carbocycles. The third kappa shape index (κ3) is 3.37. The van der Waals surface area contributed by atoms with Crippen molar-refractivity contribution in [2.75, 3.05) is 6.54 Å². The molecule has 0 unspecified atom stereocenters. The number of amides is 2. The highest BCUT2D eigenvalue weighted by molar-refractivity contribution is 5.97. The lowest BCUT2D eigenvalue weighted by Gasteiger charge is -2.02. The third-order valence-corrected chi connectivity index (χ3v) is 1.64. The zero-order valence-corrected chi connectivity index (χ0v) is 7.22. The number of carbonyl (C=O) groups is 2. The molecule has 1 fully saturated rings. The summed E-state index contributed by atoms with van der Waals surface area (Å²) in [4.78, 5) is 21.9. The Morgan fingerprint density at radius 2 is 2.00 bits per heavy atom. The van der Waals surface area contributed by atoms with E-state index in [9.17, 15) is 9.59 Å². The van der Waals surface area contributed by atoms with Gasteiger partial charge in [-0.05, 0) is 19.8 Å². The average molecular weight is 170 g/mol. The fourth-order valence-corrected chi connectivity index (χ4v) is 0.912. The molecule has 2 amide bonds. The molecule has 12 heavy (non-hydrogen) atoms. The summed E-state index contributed by atoms with van der Waals surface area (Å²) in [5.74, 6) is -0.362. The minimum Gasteiger partial charge on any atom is -0.356 e. The van der Waals surface area contributed by atoms with E-state index in [2.05, 4.69) is 10.6 Å². The summed E-state index contributed by atoms with van der Waals surface area (Å²) in [7, 11) is 0. The van der Waals surface area contributed by atoms with Crippen molar-refractivity contribution in [3.8, 4) is 0 Å². The van der Waals surface area contributed by atoms with Crippen LogP contribution in [0, 0.1) is 0 Å². The second-order valence-corrected chi connectivity index (χ2v) is 2.97. The molecule has 1 saturated carbocycles. The van der Waals surface area contributed by atoms with E-state index in [1.807, 2.05) is 6.92 Å². The van der Waals surface area contributed by atoms with Crippen LogP contribution in [-0.4, -0.2) is 24.4 Å². The number of hydrogen-bond donors (Lipinski definition) is 2. The van der Waals surface area contributed by atoms with Gasteiger partial charge in [0.1, 0.15) is 6.42 Å². The van der Waals surface area contributed by atoms with Crippen LogP contribution in [0.2, 0.25) is 0 Å². The Balaban J connectivity index is 2.11. The molecule has 0 atom stereocenters. The van der Waals surface area contributed by atoms with Gasteiger partial charge in [0, 0.05) is 12.6 Å². The Hall–Kier alpha value is -1.06. The summed E-state index contributed by atoms with van der Waals surface area (Å²) < 4.78 is 0. The van der Waals surface area contributed by atoms with Crippen LogP contribution < -0.4 is 10.6 Å². The van der Waals surface area contributed by atoms with E-state index in [0.717, 1.165) is 12.8 Å². The maximum Gasteiger partial charge on any atom is 0.229 e. The molecule has 1 rings (SSSR count). The molecule has 0 aliphatic heterocycles. The van der Waals surface area contributed by atoms with Crippen molar-refractivity contribution in [1.29, 1.82) is 0 Å².